The van der Waals surface area contributed by atoms with Crippen molar-refractivity contribution in [3.63, 3.8) is 0 Å². The van der Waals surface area contributed by atoms with Crippen LogP contribution in [0.15, 0.2) is 30.3 Å². The monoisotopic (exact) mass is 327 g/mol. The lowest BCUT2D eigenvalue weighted by Gasteiger charge is -2.09. The predicted molar refractivity (Wildman–Crippen MR) is 70.5 cm³/mol. The Kier molecular flexibility index (Phi) is 4.25. The molecule has 2 aromatic rings. The van der Waals surface area contributed by atoms with E-state index in [1.807, 2.05) is 0 Å². The molecular formula is C13H8F3N3O4. The van der Waals surface area contributed by atoms with Gasteiger partial charge in [0.15, 0.2) is 0 Å². The number of hydrogen-bond acceptors (Lipinski definition) is 6. The maximum Gasteiger partial charge on any atom is 0.433 e. The Labute approximate surface area is 126 Å². The maximum absolute atomic E-state index is 12.9. The first-order valence-corrected chi connectivity index (χ1v) is 6.02. The van der Waals surface area contributed by atoms with Gasteiger partial charge in [-0.1, -0.05) is 12.1 Å². The molecule has 0 aliphatic rings. The number of hydrogen-bond donors (Lipinski definition) is 0. The molecule has 7 nitrogen and oxygen atoms in total. The van der Waals surface area contributed by atoms with Gasteiger partial charge in [-0.2, -0.15) is 13.2 Å². The minimum absolute atomic E-state index is 0.0391. The normalized spacial score (nSPS) is 11.1. The Hall–Kier alpha value is -3.04. The molecule has 0 unspecified atom stereocenters. The summed E-state index contributed by atoms with van der Waals surface area (Å²) in [4.78, 5) is 28.3. The van der Waals surface area contributed by atoms with Crippen molar-refractivity contribution < 1.29 is 27.6 Å². The highest BCUT2D eigenvalue weighted by Gasteiger charge is 2.34. The van der Waals surface area contributed by atoms with Crippen LogP contribution in [-0.4, -0.2) is 28.0 Å². The Morgan fingerprint density at radius 3 is 2.52 bits per heavy atom. The van der Waals surface area contributed by atoms with E-state index in [0.29, 0.717) is 6.07 Å². The third kappa shape index (κ3) is 3.59. The molecule has 0 radical (unpaired) electrons. The average molecular weight is 327 g/mol. The fourth-order valence-corrected chi connectivity index (χ4v) is 1.70. The molecule has 0 fully saturated rings. The smallest absolute Gasteiger partial charge is 0.433 e. The van der Waals surface area contributed by atoms with Crippen molar-refractivity contribution in [2.75, 3.05) is 7.11 Å². The lowest BCUT2D eigenvalue weighted by Crippen LogP contribution is -2.15. The molecule has 120 valence electrons. The van der Waals surface area contributed by atoms with Gasteiger partial charge in [-0.25, -0.2) is 14.8 Å². The summed E-state index contributed by atoms with van der Waals surface area (Å²) in [6, 6.07) is 5.45. The van der Waals surface area contributed by atoms with E-state index in [9.17, 15) is 28.1 Å². The Balaban J connectivity index is 2.64. The fourth-order valence-electron chi connectivity index (χ4n) is 1.70. The number of halogens is 3. The summed E-state index contributed by atoms with van der Waals surface area (Å²) in [6.07, 6.45) is -4.82. The zero-order valence-electron chi connectivity index (χ0n) is 11.5. The van der Waals surface area contributed by atoms with E-state index in [1.165, 1.54) is 18.2 Å². The molecule has 1 heterocycles. The highest BCUT2D eigenvalue weighted by Crippen LogP contribution is 2.31. The van der Waals surface area contributed by atoms with Gasteiger partial charge in [0.25, 0.3) is 5.69 Å². The van der Waals surface area contributed by atoms with Gasteiger partial charge in [-0.15, -0.1) is 0 Å². The average Bonchev–Trinajstić information content (AvgIpc) is 2.53. The summed E-state index contributed by atoms with van der Waals surface area (Å²) in [7, 11) is 0.971. The molecule has 0 amide bonds. The minimum atomic E-state index is -4.82. The van der Waals surface area contributed by atoms with E-state index in [1.54, 1.807) is 0 Å². The summed E-state index contributed by atoms with van der Waals surface area (Å²) < 4.78 is 43.0. The van der Waals surface area contributed by atoms with Crippen molar-refractivity contribution in [3.8, 4) is 11.3 Å². The van der Waals surface area contributed by atoms with Crippen LogP contribution in [0.25, 0.3) is 11.3 Å². The molecule has 10 heteroatoms. The van der Waals surface area contributed by atoms with Crippen LogP contribution in [0.4, 0.5) is 18.9 Å². The van der Waals surface area contributed by atoms with Crippen LogP contribution in [0.5, 0.6) is 0 Å². The molecule has 1 aromatic heterocycles. The second-order valence-corrected chi connectivity index (χ2v) is 4.26. The SMILES string of the molecule is COC(=O)c1nc(-c2cccc([N+](=O)[O-])c2)cc(C(F)(F)F)n1. The van der Waals surface area contributed by atoms with Crippen molar-refractivity contribution in [1.29, 1.82) is 0 Å². The summed E-state index contributed by atoms with van der Waals surface area (Å²) in [5, 5.41) is 10.8. The van der Waals surface area contributed by atoms with E-state index >= 15 is 0 Å². The molecule has 0 aliphatic heterocycles. The number of non-ortho nitro benzene ring substituents is 1. The van der Waals surface area contributed by atoms with E-state index < -0.39 is 28.6 Å². The number of rotatable bonds is 3. The van der Waals surface area contributed by atoms with Crippen LogP contribution in [0.2, 0.25) is 0 Å². The van der Waals surface area contributed by atoms with Gasteiger partial charge in [0.2, 0.25) is 5.82 Å². The van der Waals surface area contributed by atoms with Gasteiger partial charge in [-0.05, 0) is 6.07 Å². The molecular weight excluding hydrogens is 319 g/mol. The molecule has 0 N–H and O–H groups in total. The maximum atomic E-state index is 12.9. The van der Waals surface area contributed by atoms with Crippen LogP contribution in [0.1, 0.15) is 16.3 Å². The number of methoxy groups -OCH3 is 1. The molecule has 0 spiro atoms. The number of esters is 1. The zero-order valence-corrected chi connectivity index (χ0v) is 11.5. The summed E-state index contributed by atoms with van der Waals surface area (Å²) in [5.74, 6) is -1.94. The summed E-state index contributed by atoms with van der Waals surface area (Å²) >= 11 is 0. The minimum Gasteiger partial charge on any atom is -0.463 e. The van der Waals surface area contributed by atoms with Gasteiger partial charge in [0, 0.05) is 17.7 Å². The lowest BCUT2D eigenvalue weighted by atomic mass is 10.1. The van der Waals surface area contributed by atoms with Crippen molar-refractivity contribution in [2.45, 2.75) is 6.18 Å². The molecule has 1 aromatic carbocycles. The summed E-state index contributed by atoms with van der Waals surface area (Å²) in [6.45, 7) is 0. The Morgan fingerprint density at radius 1 is 1.26 bits per heavy atom. The van der Waals surface area contributed by atoms with Crippen LogP contribution in [0, 0.1) is 10.1 Å². The first-order chi connectivity index (χ1) is 10.7. The first kappa shape index (κ1) is 16.3. The van der Waals surface area contributed by atoms with E-state index in [-0.39, 0.29) is 16.9 Å². The van der Waals surface area contributed by atoms with E-state index in [0.717, 1.165) is 13.2 Å². The standard InChI is InChI=1S/C13H8F3N3O4/c1-23-12(20)11-17-9(6-10(18-11)13(14,15)16)7-3-2-4-8(5-7)19(21)22/h2-6H,1H3. The van der Waals surface area contributed by atoms with Gasteiger partial charge in [-0.3, -0.25) is 10.1 Å². The molecule has 0 saturated heterocycles. The van der Waals surface area contributed by atoms with Gasteiger partial charge < -0.3 is 4.74 Å². The molecule has 0 saturated carbocycles. The van der Waals surface area contributed by atoms with Crippen molar-refractivity contribution >= 4 is 11.7 Å². The number of nitrogens with zero attached hydrogens (tertiary/aromatic N) is 3. The van der Waals surface area contributed by atoms with Gasteiger partial charge >= 0.3 is 12.1 Å². The van der Waals surface area contributed by atoms with Crippen molar-refractivity contribution in [1.82, 2.24) is 9.97 Å². The molecule has 0 bridgehead atoms. The largest absolute Gasteiger partial charge is 0.463 e. The Bertz CT molecular complexity index is 777. The molecule has 0 atom stereocenters. The summed E-state index contributed by atoms with van der Waals surface area (Å²) in [5.41, 5.74) is -1.92. The lowest BCUT2D eigenvalue weighted by molar-refractivity contribution is -0.384. The highest BCUT2D eigenvalue weighted by molar-refractivity contribution is 5.85. The van der Waals surface area contributed by atoms with Crippen LogP contribution in [-0.2, 0) is 10.9 Å². The highest BCUT2D eigenvalue weighted by atomic mass is 19.4. The number of benzene rings is 1. The first-order valence-electron chi connectivity index (χ1n) is 6.02. The number of ether oxygens (including phenoxy) is 1. The fraction of sp³-hybridized carbons (Fsp3) is 0.154. The topological polar surface area (TPSA) is 95.2 Å². The molecule has 0 aliphatic carbocycles. The van der Waals surface area contributed by atoms with Crippen LogP contribution < -0.4 is 0 Å². The molecule has 23 heavy (non-hydrogen) atoms. The van der Waals surface area contributed by atoms with Crippen LogP contribution >= 0.6 is 0 Å². The van der Waals surface area contributed by atoms with Crippen LogP contribution in [0.3, 0.4) is 0 Å². The number of aromatic nitrogens is 2. The zero-order chi connectivity index (χ0) is 17.2. The van der Waals surface area contributed by atoms with E-state index in [4.69, 9.17) is 0 Å². The van der Waals surface area contributed by atoms with Gasteiger partial charge in [0.05, 0.1) is 17.7 Å². The van der Waals surface area contributed by atoms with Gasteiger partial charge in [0.1, 0.15) is 5.69 Å². The second kappa shape index (κ2) is 5.99. The number of nitro benzene ring substituents is 1. The number of nitro groups is 1. The number of carbonyl (C=O) groups is 1. The third-order valence-corrected chi connectivity index (χ3v) is 2.74. The number of alkyl halides is 3. The van der Waals surface area contributed by atoms with Crippen molar-refractivity contribution in [3.05, 3.63) is 52.0 Å². The third-order valence-electron chi connectivity index (χ3n) is 2.74. The Morgan fingerprint density at radius 2 is 1.96 bits per heavy atom. The second-order valence-electron chi connectivity index (χ2n) is 4.26. The number of carbonyl (C=O) groups excluding carboxylic acids is 1. The molecule has 2 rings (SSSR count). The quantitative estimate of drug-likeness (QED) is 0.489. The van der Waals surface area contributed by atoms with Crippen molar-refractivity contribution in [2.24, 2.45) is 0 Å². The predicted octanol–water partition coefficient (Wildman–Crippen LogP) is 2.86. The van der Waals surface area contributed by atoms with E-state index in [2.05, 4.69) is 14.7 Å².